The van der Waals surface area contributed by atoms with Gasteiger partial charge in [-0.15, -0.1) is 0 Å². The highest BCUT2D eigenvalue weighted by Crippen LogP contribution is 2.25. The van der Waals surface area contributed by atoms with Crippen molar-refractivity contribution in [2.45, 2.75) is 32.9 Å². The fourth-order valence-corrected chi connectivity index (χ4v) is 2.31. The van der Waals surface area contributed by atoms with Crippen LogP contribution in [0.4, 0.5) is 0 Å². The Morgan fingerprint density at radius 3 is 2.71 bits per heavy atom. The Hall–Kier alpha value is -2.31. The molecule has 0 heterocycles. The van der Waals surface area contributed by atoms with Gasteiger partial charge in [-0.05, 0) is 49.1 Å². The predicted octanol–water partition coefficient (Wildman–Crippen LogP) is 3.34. The number of ether oxygens (including phenoxy) is 1. The molecule has 0 aliphatic heterocycles. The number of aryl methyl sites for hydroxylation is 1. The van der Waals surface area contributed by atoms with Crippen LogP contribution in [0.25, 0.3) is 0 Å². The molecule has 2 aromatic carbocycles. The summed E-state index contributed by atoms with van der Waals surface area (Å²) in [7, 11) is 0. The van der Waals surface area contributed by atoms with Gasteiger partial charge in [-0.3, -0.25) is 0 Å². The van der Waals surface area contributed by atoms with Crippen molar-refractivity contribution in [2.75, 3.05) is 0 Å². The van der Waals surface area contributed by atoms with E-state index in [1.807, 2.05) is 44.2 Å². The van der Waals surface area contributed by atoms with E-state index in [0.29, 0.717) is 12.2 Å². The molecule has 2 aromatic rings. The molecule has 1 atom stereocenters. The molecule has 0 saturated heterocycles. The lowest BCUT2D eigenvalue weighted by Gasteiger charge is -2.15. The Morgan fingerprint density at radius 2 is 2.00 bits per heavy atom. The molecular formula is C18H20N2O. The van der Waals surface area contributed by atoms with Crippen molar-refractivity contribution >= 4 is 0 Å². The minimum atomic E-state index is 0.0936. The number of nitrogens with two attached hydrogens (primary N) is 1. The first-order chi connectivity index (χ1) is 10.1. The lowest BCUT2D eigenvalue weighted by atomic mass is 10.0. The molecule has 21 heavy (non-hydrogen) atoms. The normalized spacial score (nSPS) is 11.7. The Labute approximate surface area is 126 Å². The first kappa shape index (κ1) is 15.1. The average molecular weight is 280 g/mol. The molecule has 3 heteroatoms. The maximum Gasteiger partial charge on any atom is 0.125 e. The van der Waals surface area contributed by atoms with E-state index in [9.17, 15) is 0 Å². The van der Waals surface area contributed by atoms with Gasteiger partial charge in [0.1, 0.15) is 12.4 Å². The van der Waals surface area contributed by atoms with Crippen molar-refractivity contribution in [3.05, 3.63) is 64.7 Å². The lowest BCUT2D eigenvalue weighted by Crippen LogP contribution is -2.18. The topological polar surface area (TPSA) is 59.0 Å². The van der Waals surface area contributed by atoms with Crippen molar-refractivity contribution < 1.29 is 4.74 Å². The summed E-state index contributed by atoms with van der Waals surface area (Å²) in [6, 6.07) is 15.8. The van der Waals surface area contributed by atoms with Gasteiger partial charge >= 0.3 is 0 Å². The van der Waals surface area contributed by atoms with Crippen LogP contribution in [0.3, 0.4) is 0 Å². The zero-order valence-electron chi connectivity index (χ0n) is 12.5. The fraction of sp³-hybridized carbons (Fsp3) is 0.278. The second-order valence-corrected chi connectivity index (χ2v) is 5.35. The minimum absolute atomic E-state index is 0.0936. The molecule has 0 spiro atoms. The van der Waals surface area contributed by atoms with Crippen LogP contribution in [0.2, 0.25) is 0 Å². The molecule has 108 valence electrons. The van der Waals surface area contributed by atoms with Crippen molar-refractivity contribution in [2.24, 2.45) is 5.73 Å². The maximum atomic E-state index is 8.93. The van der Waals surface area contributed by atoms with Crippen LogP contribution < -0.4 is 10.5 Å². The Bertz CT molecular complexity index is 657. The van der Waals surface area contributed by atoms with E-state index in [2.05, 4.69) is 12.1 Å². The summed E-state index contributed by atoms with van der Waals surface area (Å²) < 4.78 is 5.99. The molecule has 0 amide bonds. The van der Waals surface area contributed by atoms with Crippen molar-refractivity contribution in [3.8, 4) is 11.8 Å². The van der Waals surface area contributed by atoms with Gasteiger partial charge < -0.3 is 10.5 Å². The largest absolute Gasteiger partial charge is 0.488 e. The fourth-order valence-electron chi connectivity index (χ4n) is 2.31. The molecule has 0 fully saturated rings. The van der Waals surface area contributed by atoms with E-state index in [-0.39, 0.29) is 6.04 Å². The maximum absolute atomic E-state index is 8.93. The highest BCUT2D eigenvalue weighted by atomic mass is 16.5. The zero-order chi connectivity index (χ0) is 15.2. The van der Waals surface area contributed by atoms with E-state index in [1.165, 1.54) is 0 Å². The Balaban J connectivity index is 2.17. The van der Waals surface area contributed by atoms with E-state index >= 15 is 0 Å². The van der Waals surface area contributed by atoms with Crippen LogP contribution in [0.15, 0.2) is 42.5 Å². The number of hydrogen-bond acceptors (Lipinski definition) is 3. The third kappa shape index (κ3) is 4.08. The molecule has 2 rings (SSSR count). The van der Waals surface area contributed by atoms with Gasteiger partial charge in [-0.25, -0.2) is 0 Å². The van der Waals surface area contributed by atoms with Gasteiger partial charge in [0.15, 0.2) is 0 Å². The Morgan fingerprint density at radius 1 is 1.24 bits per heavy atom. The number of nitrogens with zero attached hydrogens (tertiary/aromatic N) is 1. The van der Waals surface area contributed by atoms with Crippen LogP contribution in [0, 0.1) is 18.3 Å². The van der Waals surface area contributed by atoms with Crippen molar-refractivity contribution in [3.63, 3.8) is 0 Å². The number of para-hydroxylation sites is 1. The Kier molecular flexibility index (Phi) is 4.97. The quantitative estimate of drug-likeness (QED) is 0.913. The minimum Gasteiger partial charge on any atom is -0.488 e. The molecule has 0 bridgehead atoms. The van der Waals surface area contributed by atoms with E-state index in [4.69, 9.17) is 15.7 Å². The summed E-state index contributed by atoms with van der Waals surface area (Å²) in [5.41, 5.74) is 9.76. The second-order valence-electron chi connectivity index (χ2n) is 5.35. The SMILES string of the molecule is Cc1cccc(CC(C)N)c1OCc1cccc(C#N)c1. The molecule has 0 saturated carbocycles. The zero-order valence-corrected chi connectivity index (χ0v) is 12.5. The van der Waals surface area contributed by atoms with Crippen molar-refractivity contribution in [1.29, 1.82) is 5.26 Å². The van der Waals surface area contributed by atoms with E-state index in [1.54, 1.807) is 6.07 Å². The third-order valence-electron chi connectivity index (χ3n) is 3.27. The van der Waals surface area contributed by atoms with Gasteiger partial charge in [0, 0.05) is 6.04 Å². The van der Waals surface area contributed by atoms with Crippen LogP contribution in [0.5, 0.6) is 5.75 Å². The first-order valence-corrected chi connectivity index (χ1v) is 7.06. The van der Waals surface area contributed by atoms with Gasteiger partial charge in [-0.2, -0.15) is 5.26 Å². The summed E-state index contributed by atoms with van der Waals surface area (Å²) in [6.07, 6.45) is 0.787. The van der Waals surface area contributed by atoms with Gasteiger partial charge in [0.05, 0.1) is 11.6 Å². The van der Waals surface area contributed by atoms with Gasteiger partial charge in [-0.1, -0.05) is 30.3 Å². The van der Waals surface area contributed by atoms with Gasteiger partial charge in [0.25, 0.3) is 0 Å². The van der Waals surface area contributed by atoms with Crippen LogP contribution in [-0.4, -0.2) is 6.04 Å². The molecular weight excluding hydrogens is 260 g/mol. The van der Waals surface area contributed by atoms with Crippen LogP contribution in [-0.2, 0) is 13.0 Å². The smallest absolute Gasteiger partial charge is 0.125 e. The molecule has 0 aliphatic rings. The second kappa shape index (κ2) is 6.92. The number of nitriles is 1. The summed E-state index contributed by atoms with van der Waals surface area (Å²) >= 11 is 0. The molecule has 0 radical (unpaired) electrons. The molecule has 2 N–H and O–H groups in total. The number of benzene rings is 2. The van der Waals surface area contributed by atoms with Crippen LogP contribution >= 0.6 is 0 Å². The average Bonchev–Trinajstić information content (AvgIpc) is 2.46. The molecule has 0 aromatic heterocycles. The molecule has 1 unspecified atom stereocenters. The highest BCUT2D eigenvalue weighted by Gasteiger charge is 2.09. The third-order valence-corrected chi connectivity index (χ3v) is 3.27. The lowest BCUT2D eigenvalue weighted by molar-refractivity contribution is 0.300. The summed E-state index contributed by atoms with van der Waals surface area (Å²) in [5.74, 6) is 0.900. The number of rotatable bonds is 5. The van der Waals surface area contributed by atoms with E-state index < -0.39 is 0 Å². The summed E-state index contributed by atoms with van der Waals surface area (Å²) in [4.78, 5) is 0. The molecule has 0 aliphatic carbocycles. The van der Waals surface area contributed by atoms with Gasteiger partial charge in [0.2, 0.25) is 0 Å². The summed E-state index contributed by atoms with van der Waals surface area (Å²) in [5, 5.41) is 8.93. The van der Waals surface area contributed by atoms with E-state index in [0.717, 1.165) is 28.9 Å². The number of hydrogen-bond donors (Lipinski definition) is 1. The van der Waals surface area contributed by atoms with Crippen LogP contribution in [0.1, 0.15) is 29.2 Å². The monoisotopic (exact) mass is 280 g/mol. The standard InChI is InChI=1S/C18H20N2O/c1-13-5-3-8-17(9-14(2)20)18(13)21-12-16-7-4-6-15(10-16)11-19/h3-8,10,14H,9,12,20H2,1-2H3. The highest BCUT2D eigenvalue weighted by molar-refractivity contribution is 5.41. The first-order valence-electron chi connectivity index (χ1n) is 7.06. The van der Waals surface area contributed by atoms with Crippen molar-refractivity contribution in [1.82, 2.24) is 0 Å². The predicted molar refractivity (Wildman–Crippen MR) is 84.0 cm³/mol. The molecule has 3 nitrogen and oxygen atoms in total. The summed E-state index contributed by atoms with van der Waals surface area (Å²) in [6.45, 7) is 4.47.